The van der Waals surface area contributed by atoms with Gasteiger partial charge in [-0.05, 0) is 18.6 Å². The van der Waals surface area contributed by atoms with Crippen LogP contribution in [0.3, 0.4) is 0 Å². The lowest BCUT2D eigenvalue weighted by atomic mass is 10.3. The van der Waals surface area contributed by atoms with Gasteiger partial charge >= 0.3 is 0 Å². The van der Waals surface area contributed by atoms with E-state index in [-0.39, 0.29) is 0 Å². The van der Waals surface area contributed by atoms with Gasteiger partial charge in [-0.25, -0.2) is 0 Å². The van der Waals surface area contributed by atoms with Gasteiger partial charge in [-0.15, -0.1) is 0 Å². The Kier molecular flexibility index (Phi) is 3.45. The number of ether oxygens (including phenoxy) is 2. The normalized spacial score (nSPS) is 9.50. The zero-order valence-electron chi connectivity index (χ0n) is 7.54. The van der Waals surface area contributed by atoms with Gasteiger partial charge in [0, 0.05) is 0 Å². The van der Waals surface area contributed by atoms with Crippen LogP contribution in [0.1, 0.15) is 13.3 Å². The number of para-hydroxylation sites is 2. The topological polar surface area (TPSA) is 18.5 Å². The fourth-order valence-electron chi connectivity index (χ4n) is 0.950. The summed E-state index contributed by atoms with van der Waals surface area (Å²) in [5.41, 5.74) is 0. The van der Waals surface area contributed by atoms with E-state index in [1.807, 2.05) is 24.3 Å². The first-order chi connectivity index (χ1) is 5.88. The fraction of sp³-hybridized carbons (Fsp3) is 0.400. The molecule has 1 aromatic rings. The van der Waals surface area contributed by atoms with Crippen LogP contribution in [0.5, 0.6) is 11.5 Å². The van der Waals surface area contributed by atoms with Crippen LogP contribution in [0.4, 0.5) is 0 Å². The smallest absolute Gasteiger partial charge is 0.161 e. The molecule has 0 aromatic heterocycles. The van der Waals surface area contributed by atoms with Crippen molar-refractivity contribution in [2.75, 3.05) is 13.7 Å². The Bertz CT molecular complexity index is 233. The van der Waals surface area contributed by atoms with Gasteiger partial charge in [0.05, 0.1) is 13.7 Å². The molecule has 1 rings (SSSR count). The molecule has 0 saturated carbocycles. The van der Waals surface area contributed by atoms with Crippen molar-refractivity contribution in [2.45, 2.75) is 13.3 Å². The van der Waals surface area contributed by atoms with E-state index in [1.165, 1.54) is 0 Å². The third kappa shape index (κ3) is 2.16. The van der Waals surface area contributed by atoms with E-state index in [9.17, 15) is 0 Å². The quantitative estimate of drug-likeness (QED) is 0.684. The molecule has 0 aliphatic carbocycles. The summed E-state index contributed by atoms with van der Waals surface area (Å²) < 4.78 is 10.6. The lowest BCUT2D eigenvalue weighted by Gasteiger charge is -2.08. The second-order valence-corrected chi connectivity index (χ2v) is 2.50. The molecule has 2 nitrogen and oxygen atoms in total. The third-order valence-electron chi connectivity index (χ3n) is 1.53. The molecule has 1 aromatic carbocycles. The van der Waals surface area contributed by atoms with Crippen LogP contribution in [0.2, 0.25) is 0 Å². The Hall–Kier alpha value is -1.18. The number of benzene rings is 1. The summed E-state index contributed by atoms with van der Waals surface area (Å²) in [5.74, 6) is 1.62. The summed E-state index contributed by atoms with van der Waals surface area (Å²) in [5, 5.41) is 0. The van der Waals surface area contributed by atoms with Crippen molar-refractivity contribution >= 4 is 0 Å². The van der Waals surface area contributed by atoms with Crippen molar-refractivity contribution in [3.8, 4) is 11.5 Å². The average molecular weight is 166 g/mol. The summed E-state index contributed by atoms with van der Waals surface area (Å²) >= 11 is 0. The summed E-state index contributed by atoms with van der Waals surface area (Å²) in [4.78, 5) is 0. The number of methoxy groups -OCH3 is 1. The van der Waals surface area contributed by atoms with Gasteiger partial charge in [-0.2, -0.15) is 0 Å². The van der Waals surface area contributed by atoms with Crippen LogP contribution in [-0.2, 0) is 0 Å². The molecule has 0 saturated heterocycles. The molecule has 0 N–H and O–H groups in total. The number of rotatable bonds is 4. The zero-order chi connectivity index (χ0) is 8.81. The summed E-state index contributed by atoms with van der Waals surface area (Å²) in [6.45, 7) is 2.82. The highest BCUT2D eigenvalue weighted by atomic mass is 16.5. The molecule has 0 atom stereocenters. The molecule has 0 fully saturated rings. The maximum Gasteiger partial charge on any atom is 0.161 e. The first kappa shape index (κ1) is 8.91. The molecule has 66 valence electrons. The van der Waals surface area contributed by atoms with Crippen LogP contribution in [0, 0.1) is 0 Å². The third-order valence-corrected chi connectivity index (χ3v) is 1.53. The van der Waals surface area contributed by atoms with Crippen LogP contribution in [0.15, 0.2) is 24.3 Å². The van der Waals surface area contributed by atoms with Gasteiger partial charge in [-0.1, -0.05) is 19.1 Å². The van der Waals surface area contributed by atoms with E-state index in [1.54, 1.807) is 7.11 Å². The predicted octanol–water partition coefficient (Wildman–Crippen LogP) is 2.48. The lowest BCUT2D eigenvalue weighted by Crippen LogP contribution is -1.96. The Labute approximate surface area is 73.1 Å². The monoisotopic (exact) mass is 166 g/mol. The second kappa shape index (κ2) is 4.65. The summed E-state index contributed by atoms with van der Waals surface area (Å²) in [7, 11) is 1.65. The van der Waals surface area contributed by atoms with E-state index in [2.05, 4.69) is 6.92 Å². The highest BCUT2D eigenvalue weighted by Crippen LogP contribution is 2.25. The molecule has 0 heterocycles. The molecule has 0 spiro atoms. The maximum atomic E-state index is 5.45. The highest BCUT2D eigenvalue weighted by Gasteiger charge is 1.99. The molecule has 0 bridgehead atoms. The number of hydrogen-bond donors (Lipinski definition) is 0. The van der Waals surface area contributed by atoms with Crippen LogP contribution >= 0.6 is 0 Å². The predicted molar refractivity (Wildman–Crippen MR) is 48.8 cm³/mol. The second-order valence-electron chi connectivity index (χ2n) is 2.50. The molecular formula is C10H14O2. The van der Waals surface area contributed by atoms with Crippen molar-refractivity contribution in [3.05, 3.63) is 24.3 Å². The van der Waals surface area contributed by atoms with E-state index < -0.39 is 0 Å². The van der Waals surface area contributed by atoms with E-state index >= 15 is 0 Å². The molecule has 12 heavy (non-hydrogen) atoms. The average Bonchev–Trinajstić information content (AvgIpc) is 2.15. The first-order valence-electron chi connectivity index (χ1n) is 4.14. The van der Waals surface area contributed by atoms with Crippen LogP contribution in [0.25, 0.3) is 0 Å². The lowest BCUT2D eigenvalue weighted by molar-refractivity contribution is 0.294. The highest BCUT2D eigenvalue weighted by molar-refractivity contribution is 5.39. The minimum Gasteiger partial charge on any atom is -0.493 e. The largest absolute Gasteiger partial charge is 0.493 e. The van der Waals surface area contributed by atoms with Crippen LogP contribution in [-0.4, -0.2) is 13.7 Å². The molecule has 0 unspecified atom stereocenters. The number of hydrogen-bond acceptors (Lipinski definition) is 2. The Balaban J connectivity index is 2.68. The van der Waals surface area contributed by atoms with Gasteiger partial charge in [-0.3, -0.25) is 0 Å². The van der Waals surface area contributed by atoms with Gasteiger partial charge in [0.1, 0.15) is 0 Å². The van der Waals surface area contributed by atoms with Crippen molar-refractivity contribution in [3.63, 3.8) is 0 Å². The fourth-order valence-corrected chi connectivity index (χ4v) is 0.950. The van der Waals surface area contributed by atoms with Crippen molar-refractivity contribution in [1.82, 2.24) is 0 Å². The Morgan fingerprint density at radius 1 is 1.17 bits per heavy atom. The minimum absolute atomic E-state index is 0.736. The maximum absolute atomic E-state index is 5.45. The van der Waals surface area contributed by atoms with Crippen molar-refractivity contribution in [2.24, 2.45) is 0 Å². The van der Waals surface area contributed by atoms with Crippen molar-refractivity contribution < 1.29 is 9.47 Å². The Morgan fingerprint density at radius 2 is 1.83 bits per heavy atom. The first-order valence-corrected chi connectivity index (χ1v) is 4.14. The minimum atomic E-state index is 0.736. The molecule has 2 heteroatoms. The molecular weight excluding hydrogens is 152 g/mol. The molecule has 0 aliphatic heterocycles. The zero-order valence-corrected chi connectivity index (χ0v) is 7.54. The van der Waals surface area contributed by atoms with Crippen molar-refractivity contribution in [1.29, 1.82) is 0 Å². The SMILES string of the molecule is CCCOc1ccccc1OC. The van der Waals surface area contributed by atoms with Gasteiger partial charge in [0.25, 0.3) is 0 Å². The van der Waals surface area contributed by atoms with Crippen LogP contribution < -0.4 is 9.47 Å². The van der Waals surface area contributed by atoms with E-state index in [4.69, 9.17) is 9.47 Å². The van der Waals surface area contributed by atoms with E-state index in [0.717, 1.165) is 24.5 Å². The molecule has 0 amide bonds. The molecule has 0 radical (unpaired) electrons. The van der Waals surface area contributed by atoms with Gasteiger partial charge in [0.15, 0.2) is 11.5 Å². The molecule has 0 aliphatic rings. The van der Waals surface area contributed by atoms with Gasteiger partial charge in [0.2, 0.25) is 0 Å². The summed E-state index contributed by atoms with van der Waals surface area (Å²) in [6, 6.07) is 7.67. The Morgan fingerprint density at radius 3 is 2.42 bits per heavy atom. The van der Waals surface area contributed by atoms with Gasteiger partial charge < -0.3 is 9.47 Å². The van der Waals surface area contributed by atoms with E-state index in [0.29, 0.717) is 0 Å². The summed E-state index contributed by atoms with van der Waals surface area (Å²) in [6.07, 6.45) is 1.01. The standard InChI is InChI=1S/C10H14O2/c1-3-8-12-10-7-5-4-6-9(10)11-2/h4-7H,3,8H2,1-2H3.